The lowest BCUT2D eigenvalue weighted by atomic mass is 10.00. The van der Waals surface area contributed by atoms with Gasteiger partial charge < -0.3 is 10.1 Å². The van der Waals surface area contributed by atoms with Crippen LogP contribution in [0.15, 0.2) is 48.5 Å². The van der Waals surface area contributed by atoms with Gasteiger partial charge in [0.25, 0.3) is 5.91 Å². The molecule has 0 saturated heterocycles. The van der Waals surface area contributed by atoms with Gasteiger partial charge in [-0.05, 0) is 67.2 Å². The second-order valence-electron chi connectivity index (χ2n) is 8.61. The van der Waals surface area contributed by atoms with Gasteiger partial charge in [-0.15, -0.1) is 0 Å². The zero-order valence-corrected chi connectivity index (χ0v) is 21.2. The molecule has 1 amide bonds. The molecule has 1 aliphatic rings. The van der Waals surface area contributed by atoms with Crippen LogP contribution in [-0.4, -0.2) is 56.6 Å². The predicted octanol–water partition coefficient (Wildman–Crippen LogP) is 4.13. The van der Waals surface area contributed by atoms with Gasteiger partial charge in [0.2, 0.25) is 10.0 Å². The van der Waals surface area contributed by atoms with E-state index in [0.29, 0.717) is 25.1 Å². The molecule has 4 rings (SSSR count). The van der Waals surface area contributed by atoms with Crippen LogP contribution in [0.1, 0.15) is 46.9 Å². The van der Waals surface area contributed by atoms with E-state index < -0.39 is 10.0 Å². The number of hydrogen-bond donors (Lipinski definition) is 1. The molecule has 0 spiro atoms. The van der Waals surface area contributed by atoms with Gasteiger partial charge >= 0.3 is 0 Å². The van der Waals surface area contributed by atoms with Crippen LogP contribution in [0.3, 0.4) is 0 Å². The molecule has 0 saturated carbocycles. The summed E-state index contributed by atoms with van der Waals surface area (Å²) in [5.41, 5.74) is 5.45. The van der Waals surface area contributed by atoms with Crippen LogP contribution in [0.25, 0.3) is 22.6 Å². The number of fused-ring (bicyclic) bond motifs is 2. The second-order valence-corrected chi connectivity index (χ2v) is 11.0. The van der Waals surface area contributed by atoms with E-state index in [-0.39, 0.29) is 11.7 Å². The Labute approximate surface area is 206 Å². The third kappa shape index (κ3) is 5.39. The highest BCUT2D eigenvalue weighted by Crippen LogP contribution is 2.37. The number of para-hydroxylation sites is 1. The van der Waals surface area contributed by atoms with Gasteiger partial charge in [0.1, 0.15) is 5.75 Å². The Bertz CT molecular complexity index is 1370. The van der Waals surface area contributed by atoms with Crippen molar-refractivity contribution in [2.24, 2.45) is 0 Å². The number of nitrogens with zero attached hydrogens (tertiary/aromatic N) is 2. The second kappa shape index (κ2) is 10.6. The molecule has 0 fully saturated rings. The number of amides is 1. The Hall–Kier alpha value is -3.23. The number of aromatic nitrogens is 1. The average molecular weight is 494 g/mol. The quantitative estimate of drug-likeness (QED) is 0.453. The molecule has 7 nitrogen and oxygen atoms in total. The summed E-state index contributed by atoms with van der Waals surface area (Å²) in [6.45, 7) is 2.38. The van der Waals surface area contributed by atoms with E-state index in [4.69, 9.17) is 9.72 Å². The summed E-state index contributed by atoms with van der Waals surface area (Å²) in [4.78, 5) is 18.3. The molecule has 1 heterocycles. The molecule has 0 radical (unpaired) electrons. The normalized spacial score (nSPS) is 14.5. The number of carbonyl (C=O) groups excluding carboxylic acids is 1. The van der Waals surface area contributed by atoms with Gasteiger partial charge in [-0.2, -0.15) is 0 Å². The van der Waals surface area contributed by atoms with Crippen LogP contribution in [0.4, 0.5) is 0 Å². The highest BCUT2D eigenvalue weighted by molar-refractivity contribution is 7.89. The minimum Gasteiger partial charge on any atom is -0.497 e. The first-order valence-electron chi connectivity index (χ1n) is 11.8. The largest absolute Gasteiger partial charge is 0.497 e. The van der Waals surface area contributed by atoms with Crippen molar-refractivity contribution in [2.45, 2.75) is 26.2 Å². The fourth-order valence-electron chi connectivity index (χ4n) is 4.39. The Morgan fingerprint density at radius 3 is 2.60 bits per heavy atom. The van der Waals surface area contributed by atoms with Crippen LogP contribution >= 0.6 is 0 Å². The third-order valence-electron chi connectivity index (χ3n) is 6.40. The highest BCUT2D eigenvalue weighted by atomic mass is 32.2. The van der Waals surface area contributed by atoms with E-state index in [9.17, 15) is 13.2 Å². The van der Waals surface area contributed by atoms with Gasteiger partial charge in [-0.25, -0.2) is 17.7 Å². The smallest absolute Gasteiger partial charge is 0.252 e. The summed E-state index contributed by atoms with van der Waals surface area (Å²) in [5.74, 6) is 0.726. The topological polar surface area (TPSA) is 88.6 Å². The number of ether oxygens (including phenoxy) is 1. The first-order chi connectivity index (χ1) is 16.8. The molecule has 2 aromatic carbocycles. The van der Waals surface area contributed by atoms with Gasteiger partial charge in [0, 0.05) is 25.5 Å². The van der Waals surface area contributed by atoms with Crippen molar-refractivity contribution in [1.82, 2.24) is 14.6 Å². The minimum atomic E-state index is -3.22. The molecule has 3 aromatic rings. The van der Waals surface area contributed by atoms with Crippen LogP contribution < -0.4 is 10.1 Å². The fourth-order valence-corrected chi connectivity index (χ4v) is 5.24. The first-order valence-corrected chi connectivity index (χ1v) is 13.4. The van der Waals surface area contributed by atoms with Crippen molar-refractivity contribution in [3.63, 3.8) is 0 Å². The van der Waals surface area contributed by atoms with Gasteiger partial charge in [0.05, 0.1) is 29.6 Å². The summed E-state index contributed by atoms with van der Waals surface area (Å²) in [7, 11) is -0.00828. The number of pyridine rings is 1. The number of carbonyl (C=O) groups is 1. The van der Waals surface area contributed by atoms with Crippen LogP contribution in [0.2, 0.25) is 0 Å². The predicted molar refractivity (Wildman–Crippen MR) is 140 cm³/mol. The Balaban J connectivity index is 1.59. The number of benzene rings is 2. The molecule has 8 heteroatoms. The molecule has 1 aliphatic carbocycles. The summed E-state index contributed by atoms with van der Waals surface area (Å²) in [6.07, 6.45) is 4.22. The first kappa shape index (κ1) is 24.9. The van der Waals surface area contributed by atoms with E-state index in [1.54, 1.807) is 21.1 Å². The van der Waals surface area contributed by atoms with Crippen molar-refractivity contribution in [3.8, 4) is 5.75 Å². The lowest BCUT2D eigenvalue weighted by Gasteiger charge is -2.16. The van der Waals surface area contributed by atoms with Crippen molar-refractivity contribution in [1.29, 1.82) is 0 Å². The number of hydrogen-bond acceptors (Lipinski definition) is 5. The number of allylic oxidation sites excluding steroid dienone is 1. The van der Waals surface area contributed by atoms with Crippen molar-refractivity contribution in [3.05, 3.63) is 70.9 Å². The maximum atomic E-state index is 13.3. The Kier molecular flexibility index (Phi) is 7.52. The minimum absolute atomic E-state index is 0.0668. The van der Waals surface area contributed by atoms with Gasteiger partial charge in [-0.3, -0.25) is 4.79 Å². The average Bonchev–Trinajstić information content (AvgIpc) is 3.27. The maximum Gasteiger partial charge on any atom is 0.252 e. The van der Waals surface area contributed by atoms with Crippen molar-refractivity contribution < 1.29 is 17.9 Å². The molecule has 1 aromatic heterocycles. The molecule has 0 atom stereocenters. The fraction of sp³-hybridized carbons (Fsp3) is 0.333. The molecule has 184 valence electrons. The molecule has 0 bridgehead atoms. The Morgan fingerprint density at radius 1 is 1.14 bits per heavy atom. The zero-order valence-electron chi connectivity index (χ0n) is 20.4. The number of nitrogens with one attached hydrogen (secondary N) is 1. The number of rotatable bonds is 9. The molecule has 35 heavy (non-hydrogen) atoms. The molecular formula is C27H31N3O4S. The van der Waals surface area contributed by atoms with E-state index in [1.165, 1.54) is 4.31 Å². The monoisotopic (exact) mass is 493 g/mol. The summed E-state index contributed by atoms with van der Waals surface area (Å²) < 4.78 is 30.5. The number of methoxy groups -OCH3 is 1. The maximum absolute atomic E-state index is 13.3. The van der Waals surface area contributed by atoms with Crippen molar-refractivity contribution >= 4 is 38.5 Å². The third-order valence-corrected chi connectivity index (χ3v) is 8.26. The van der Waals surface area contributed by atoms with Crippen molar-refractivity contribution in [2.75, 3.05) is 33.0 Å². The lowest BCUT2D eigenvalue weighted by Crippen LogP contribution is -2.32. The molecule has 1 N–H and O–H groups in total. The van der Waals surface area contributed by atoms with Gasteiger partial charge in [0.15, 0.2) is 0 Å². The highest BCUT2D eigenvalue weighted by Gasteiger charge is 2.26. The molecule has 0 aliphatic heterocycles. The summed E-state index contributed by atoms with van der Waals surface area (Å²) in [6, 6.07) is 15.6. The Morgan fingerprint density at radius 2 is 1.89 bits per heavy atom. The lowest BCUT2D eigenvalue weighted by molar-refractivity contribution is 0.0953. The SMILES string of the molecule is CCS(=O)(=O)N(C)CCCNC(=O)c1c2c(nc3ccccc13)C(=Cc1ccc(OC)cc1)CC2. The standard InChI is InChI=1S/C27H31N3O4S/c1-4-35(32,33)30(2)17-7-16-28-27(31)25-22-8-5-6-9-24(22)29-26-20(12-15-23(25)26)18-19-10-13-21(34-3)14-11-19/h5-6,8-11,13-14,18H,4,7,12,15-17H2,1-3H3,(H,28,31). The van der Waals surface area contributed by atoms with Gasteiger partial charge in [-0.1, -0.05) is 30.3 Å². The molecular weight excluding hydrogens is 462 g/mol. The summed E-state index contributed by atoms with van der Waals surface area (Å²) in [5, 5.41) is 3.83. The van der Waals surface area contributed by atoms with E-state index in [0.717, 1.165) is 51.9 Å². The zero-order chi connectivity index (χ0) is 25.0. The number of sulfonamides is 1. The summed E-state index contributed by atoms with van der Waals surface area (Å²) >= 11 is 0. The van der Waals surface area contributed by atoms with E-state index in [2.05, 4.69) is 11.4 Å². The van der Waals surface area contributed by atoms with Crippen LogP contribution in [0, 0.1) is 0 Å². The molecule has 0 unspecified atom stereocenters. The van der Waals surface area contributed by atoms with Crippen LogP contribution in [-0.2, 0) is 16.4 Å². The van der Waals surface area contributed by atoms with Crippen LogP contribution in [0.5, 0.6) is 5.75 Å². The van der Waals surface area contributed by atoms with E-state index in [1.807, 2.05) is 48.5 Å². The van der Waals surface area contributed by atoms with E-state index >= 15 is 0 Å².